The number of hydrogen-bond donors (Lipinski definition) is 2. The maximum Gasteiger partial charge on any atom is 0.162 e. The molecule has 2 rings (SSSR count). The van der Waals surface area contributed by atoms with E-state index < -0.39 is 0 Å². The monoisotopic (exact) mass is 264 g/mol. The Labute approximate surface area is 112 Å². The summed E-state index contributed by atoms with van der Waals surface area (Å²) < 4.78 is 9.01. The lowest BCUT2D eigenvalue weighted by molar-refractivity contribution is 0.397. The van der Waals surface area contributed by atoms with Gasteiger partial charge in [0.2, 0.25) is 0 Å². The van der Waals surface area contributed by atoms with Crippen LogP contribution < -0.4 is 16.0 Å². The van der Waals surface area contributed by atoms with Crippen molar-refractivity contribution in [2.45, 2.75) is 25.9 Å². The van der Waals surface area contributed by atoms with Gasteiger partial charge in [-0.05, 0) is 12.5 Å². The fraction of sp³-hybridized carbons (Fsp3) is 0.500. The molecule has 2 aromatic rings. The van der Waals surface area contributed by atoms with Crippen LogP contribution >= 0.6 is 0 Å². The Kier molecular flexibility index (Phi) is 4.18. The highest BCUT2D eigenvalue weighted by Gasteiger charge is 2.24. The van der Waals surface area contributed by atoms with Crippen molar-refractivity contribution >= 4 is 0 Å². The summed E-state index contributed by atoms with van der Waals surface area (Å²) in [5.74, 6) is 6.41. The lowest BCUT2D eigenvalue weighted by Crippen LogP contribution is -2.31. The zero-order chi connectivity index (χ0) is 13.8. The second-order valence-corrected chi connectivity index (χ2v) is 4.34. The van der Waals surface area contributed by atoms with Crippen LogP contribution in [0.1, 0.15) is 30.8 Å². The smallest absolute Gasteiger partial charge is 0.162 e. The van der Waals surface area contributed by atoms with E-state index in [9.17, 15) is 0 Å². The van der Waals surface area contributed by atoms with Crippen LogP contribution in [0.2, 0.25) is 0 Å². The summed E-state index contributed by atoms with van der Waals surface area (Å²) in [6.07, 6.45) is 4.57. The van der Waals surface area contributed by atoms with Crippen LogP contribution in [-0.4, -0.2) is 26.7 Å². The van der Waals surface area contributed by atoms with Crippen molar-refractivity contribution in [2.75, 3.05) is 7.11 Å². The largest absolute Gasteiger partial charge is 0.493 e. The van der Waals surface area contributed by atoms with Gasteiger partial charge in [-0.2, -0.15) is 10.2 Å². The molecule has 19 heavy (non-hydrogen) atoms. The van der Waals surface area contributed by atoms with Gasteiger partial charge >= 0.3 is 0 Å². The van der Waals surface area contributed by atoms with Crippen LogP contribution in [0.3, 0.4) is 0 Å². The van der Waals surface area contributed by atoms with Gasteiger partial charge in [-0.25, -0.2) is 5.43 Å². The summed E-state index contributed by atoms with van der Waals surface area (Å²) in [6, 6.07) is 1.68. The Morgan fingerprint density at radius 2 is 2.32 bits per heavy atom. The normalized spacial score (nSPS) is 12.6. The number of aryl methyl sites for hydroxylation is 2. The molecule has 0 saturated carbocycles. The molecule has 0 bridgehead atoms. The molecule has 2 aromatic heterocycles. The SMILES string of the molecule is CCCn1ncc(OC)c1C(NN)c1ccn(C)n1. The van der Waals surface area contributed by atoms with E-state index in [0.717, 1.165) is 24.4 Å². The summed E-state index contributed by atoms with van der Waals surface area (Å²) in [4.78, 5) is 0. The first-order valence-corrected chi connectivity index (χ1v) is 6.26. The molecular weight excluding hydrogens is 244 g/mol. The Hall–Kier alpha value is -1.86. The summed E-state index contributed by atoms with van der Waals surface area (Å²) >= 11 is 0. The van der Waals surface area contributed by atoms with Crippen molar-refractivity contribution < 1.29 is 4.74 Å². The van der Waals surface area contributed by atoms with Crippen LogP contribution in [0.25, 0.3) is 0 Å². The van der Waals surface area contributed by atoms with Gasteiger partial charge in [-0.1, -0.05) is 6.92 Å². The molecule has 104 valence electrons. The lowest BCUT2D eigenvalue weighted by Gasteiger charge is -2.17. The van der Waals surface area contributed by atoms with Crippen LogP contribution in [0.15, 0.2) is 18.5 Å². The van der Waals surface area contributed by atoms with Crippen molar-refractivity contribution in [3.63, 3.8) is 0 Å². The van der Waals surface area contributed by atoms with E-state index in [-0.39, 0.29) is 6.04 Å². The lowest BCUT2D eigenvalue weighted by atomic mass is 10.1. The first-order valence-electron chi connectivity index (χ1n) is 6.26. The quantitative estimate of drug-likeness (QED) is 0.589. The van der Waals surface area contributed by atoms with Crippen LogP contribution in [0.4, 0.5) is 0 Å². The second-order valence-electron chi connectivity index (χ2n) is 4.34. The van der Waals surface area contributed by atoms with Crippen LogP contribution in [0.5, 0.6) is 5.75 Å². The minimum Gasteiger partial charge on any atom is -0.493 e. The average Bonchev–Trinajstić information content (AvgIpc) is 2.99. The van der Waals surface area contributed by atoms with Gasteiger partial charge in [0.15, 0.2) is 5.75 Å². The van der Waals surface area contributed by atoms with Crippen molar-refractivity contribution in [3.05, 3.63) is 29.8 Å². The number of nitrogens with two attached hydrogens (primary N) is 1. The summed E-state index contributed by atoms with van der Waals surface area (Å²) in [7, 11) is 3.50. The van der Waals surface area contributed by atoms with Crippen LogP contribution in [-0.2, 0) is 13.6 Å². The number of hydrogen-bond acceptors (Lipinski definition) is 5. The minimum atomic E-state index is -0.245. The average molecular weight is 264 g/mol. The molecular formula is C12H20N6O. The fourth-order valence-electron chi connectivity index (χ4n) is 2.11. The van der Waals surface area contributed by atoms with Gasteiger partial charge in [0.1, 0.15) is 11.7 Å². The zero-order valence-corrected chi connectivity index (χ0v) is 11.5. The van der Waals surface area contributed by atoms with Gasteiger partial charge in [0.25, 0.3) is 0 Å². The van der Waals surface area contributed by atoms with Crippen LogP contribution in [0, 0.1) is 0 Å². The molecule has 0 aliphatic heterocycles. The molecule has 0 amide bonds. The molecule has 2 heterocycles. The number of methoxy groups -OCH3 is 1. The molecule has 0 aromatic carbocycles. The molecule has 0 fully saturated rings. The molecule has 1 unspecified atom stereocenters. The van der Waals surface area contributed by atoms with E-state index in [1.54, 1.807) is 18.0 Å². The molecule has 0 aliphatic carbocycles. The van der Waals surface area contributed by atoms with Gasteiger partial charge in [0.05, 0.1) is 19.0 Å². The number of ether oxygens (including phenoxy) is 1. The molecule has 3 N–H and O–H groups in total. The van der Waals surface area contributed by atoms with E-state index in [1.165, 1.54) is 0 Å². The summed E-state index contributed by atoms with van der Waals surface area (Å²) in [6.45, 7) is 2.91. The van der Waals surface area contributed by atoms with Crippen molar-refractivity contribution in [2.24, 2.45) is 12.9 Å². The topological polar surface area (TPSA) is 82.9 Å². The predicted molar refractivity (Wildman–Crippen MR) is 71.4 cm³/mol. The minimum absolute atomic E-state index is 0.245. The number of aromatic nitrogens is 4. The van der Waals surface area contributed by atoms with E-state index >= 15 is 0 Å². The highest BCUT2D eigenvalue weighted by Crippen LogP contribution is 2.28. The molecule has 1 atom stereocenters. The van der Waals surface area contributed by atoms with E-state index in [0.29, 0.717) is 5.75 Å². The number of hydrazine groups is 1. The highest BCUT2D eigenvalue weighted by atomic mass is 16.5. The molecule has 0 spiro atoms. The second kappa shape index (κ2) is 5.85. The number of rotatable bonds is 6. The highest BCUT2D eigenvalue weighted by molar-refractivity contribution is 5.33. The molecule has 7 heteroatoms. The number of nitrogens with one attached hydrogen (secondary N) is 1. The molecule has 0 aliphatic rings. The third kappa shape index (κ3) is 2.61. The standard InChI is InChI=1S/C12H20N6O/c1-4-6-18-12(10(19-3)8-14-18)11(15-13)9-5-7-17(2)16-9/h5,7-8,11,15H,4,6,13H2,1-3H3. The molecule has 7 nitrogen and oxygen atoms in total. The van der Waals surface area contributed by atoms with Gasteiger partial charge < -0.3 is 4.74 Å². The Balaban J connectivity index is 2.44. The zero-order valence-electron chi connectivity index (χ0n) is 11.5. The van der Waals surface area contributed by atoms with Crippen molar-refractivity contribution in [1.82, 2.24) is 25.0 Å². The summed E-state index contributed by atoms with van der Waals surface area (Å²) in [5, 5.41) is 8.73. The molecule has 0 saturated heterocycles. The molecule has 0 radical (unpaired) electrons. The Morgan fingerprint density at radius 1 is 1.53 bits per heavy atom. The Morgan fingerprint density at radius 3 is 2.84 bits per heavy atom. The third-order valence-corrected chi connectivity index (χ3v) is 2.97. The predicted octanol–water partition coefficient (Wildman–Crippen LogP) is 0.588. The van der Waals surface area contributed by atoms with Crippen molar-refractivity contribution in [3.8, 4) is 5.75 Å². The maximum atomic E-state index is 5.70. The fourth-order valence-corrected chi connectivity index (χ4v) is 2.11. The first-order chi connectivity index (χ1) is 9.21. The number of nitrogens with zero attached hydrogens (tertiary/aromatic N) is 4. The van der Waals surface area contributed by atoms with E-state index in [1.807, 2.05) is 24.0 Å². The Bertz CT molecular complexity index is 532. The van der Waals surface area contributed by atoms with Crippen molar-refractivity contribution in [1.29, 1.82) is 0 Å². The van der Waals surface area contributed by atoms with Gasteiger partial charge in [-0.3, -0.25) is 15.2 Å². The van der Waals surface area contributed by atoms with E-state index in [4.69, 9.17) is 10.6 Å². The van der Waals surface area contributed by atoms with Gasteiger partial charge in [0, 0.05) is 19.8 Å². The third-order valence-electron chi connectivity index (χ3n) is 2.97. The maximum absolute atomic E-state index is 5.70. The summed E-state index contributed by atoms with van der Waals surface area (Å²) in [5.41, 5.74) is 4.52. The van der Waals surface area contributed by atoms with E-state index in [2.05, 4.69) is 22.5 Å². The van der Waals surface area contributed by atoms with Gasteiger partial charge in [-0.15, -0.1) is 0 Å². The first kappa shape index (κ1) is 13.6.